The maximum Gasteiger partial charge on any atom is 0.271 e. The highest BCUT2D eigenvalue weighted by Gasteiger charge is 2.33. The molecule has 0 saturated heterocycles. The van der Waals surface area contributed by atoms with Crippen molar-refractivity contribution < 1.29 is 9.90 Å². The summed E-state index contributed by atoms with van der Waals surface area (Å²) in [6, 6.07) is 1.69. The molecule has 0 unspecified atom stereocenters. The minimum Gasteiger partial charge on any atom is -0.388 e. The molecule has 0 spiro atoms. The monoisotopic (exact) mass is 237 g/mol. The van der Waals surface area contributed by atoms with Gasteiger partial charge in [0.15, 0.2) is 0 Å². The zero-order valence-electron chi connectivity index (χ0n) is 10.4. The first-order chi connectivity index (χ1) is 8.02. The van der Waals surface area contributed by atoms with E-state index in [0.717, 1.165) is 25.7 Å². The smallest absolute Gasteiger partial charge is 0.271 e. The van der Waals surface area contributed by atoms with Crippen molar-refractivity contribution in [1.29, 1.82) is 0 Å². The zero-order chi connectivity index (χ0) is 12.5. The Bertz CT molecular complexity index is 408. The van der Waals surface area contributed by atoms with Crippen LogP contribution in [-0.2, 0) is 7.05 Å². The van der Waals surface area contributed by atoms with E-state index in [0.29, 0.717) is 12.2 Å². The minimum atomic E-state index is -0.691. The van der Waals surface area contributed by atoms with Gasteiger partial charge in [0.25, 0.3) is 5.91 Å². The molecule has 0 atom stereocenters. The van der Waals surface area contributed by atoms with Gasteiger partial charge in [-0.2, -0.15) is 5.10 Å². The summed E-state index contributed by atoms with van der Waals surface area (Å²) in [6.07, 6.45) is 5.27. The van der Waals surface area contributed by atoms with Gasteiger partial charge in [-0.25, -0.2) is 0 Å². The molecule has 1 saturated carbocycles. The maximum atomic E-state index is 12.1. The van der Waals surface area contributed by atoms with Gasteiger partial charge < -0.3 is 10.0 Å². The fourth-order valence-electron chi connectivity index (χ4n) is 2.48. The van der Waals surface area contributed by atoms with Crippen LogP contribution in [0.1, 0.15) is 36.2 Å². The molecule has 0 bridgehead atoms. The summed E-state index contributed by atoms with van der Waals surface area (Å²) >= 11 is 0. The molecule has 0 radical (unpaired) electrons. The number of likely N-dealkylation sites (N-methyl/N-ethyl adjacent to an activating group) is 1. The average molecular weight is 237 g/mol. The van der Waals surface area contributed by atoms with Gasteiger partial charge in [0, 0.05) is 26.8 Å². The van der Waals surface area contributed by atoms with E-state index >= 15 is 0 Å². The Morgan fingerprint density at radius 2 is 2.24 bits per heavy atom. The third-order valence-corrected chi connectivity index (χ3v) is 3.45. The van der Waals surface area contributed by atoms with Crippen molar-refractivity contribution in [2.24, 2.45) is 7.05 Å². The third-order valence-electron chi connectivity index (χ3n) is 3.45. The molecule has 1 fully saturated rings. The largest absolute Gasteiger partial charge is 0.388 e. The Hall–Kier alpha value is -1.36. The van der Waals surface area contributed by atoms with Gasteiger partial charge in [0.05, 0.1) is 5.60 Å². The standard InChI is InChI=1S/C12H19N3O2/c1-14(9-12(17)6-3-4-7-12)11(16)10-5-8-13-15(10)2/h5,8,17H,3-4,6-7,9H2,1-2H3. The first kappa shape index (κ1) is 12.1. The predicted octanol–water partition coefficient (Wildman–Crippen LogP) is 0.797. The van der Waals surface area contributed by atoms with Crippen LogP contribution >= 0.6 is 0 Å². The molecule has 0 aromatic carbocycles. The van der Waals surface area contributed by atoms with Crippen LogP contribution in [0.15, 0.2) is 12.3 Å². The van der Waals surface area contributed by atoms with Crippen LogP contribution in [0.25, 0.3) is 0 Å². The third kappa shape index (κ3) is 2.49. The first-order valence-corrected chi connectivity index (χ1v) is 5.98. The number of nitrogens with zero attached hydrogens (tertiary/aromatic N) is 3. The van der Waals surface area contributed by atoms with E-state index in [1.54, 1.807) is 35.9 Å². The van der Waals surface area contributed by atoms with E-state index in [9.17, 15) is 9.90 Å². The van der Waals surface area contributed by atoms with Gasteiger partial charge in [-0.05, 0) is 18.9 Å². The SMILES string of the molecule is CN(CC1(O)CCCC1)C(=O)c1ccnn1C. The number of carbonyl (C=O) groups is 1. The first-order valence-electron chi connectivity index (χ1n) is 5.98. The topological polar surface area (TPSA) is 58.4 Å². The highest BCUT2D eigenvalue weighted by atomic mass is 16.3. The van der Waals surface area contributed by atoms with Gasteiger partial charge in [-0.1, -0.05) is 12.8 Å². The van der Waals surface area contributed by atoms with Gasteiger partial charge >= 0.3 is 0 Å². The number of rotatable bonds is 3. The van der Waals surface area contributed by atoms with E-state index in [1.807, 2.05) is 0 Å². The van der Waals surface area contributed by atoms with Crippen molar-refractivity contribution in [3.63, 3.8) is 0 Å². The number of carbonyl (C=O) groups excluding carboxylic acids is 1. The lowest BCUT2D eigenvalue weighted by Gasteiger charge is -2.28. The second kappa shape index (κ2) is 4.49. The van der Waals surface area contributed by atoms with Crippen molar-refractivity contribution in [2.45, 2.75) is 31.3 Å². The van der Waals surface area contributed by atoms with Crippen molar-refractivity contribution in [1.82, 2.24) is 14.7 Å². The van der Waals surface area contributed by atoms with Crippen LogP contribution in [0.4, 0.5) is 0 Å². The Morgan fingerprint density at radius 1 is 1.59 bits per heavy atom. The molecule has 2 rings (SSSR count). The summed E-state index contributed by atoms with van der Waals surface area (Å²) in [5.74, 6) is -0.0923. The summed E-state index contributed by atoms with van der Waals surface area (Å²) in [4.78, 5) is 13.7. The summed E-state index contributed by atoms with van der Waals surface area (Å²) in [5.41, 5.74) is -0.141. The van der Waals surface area contributed by atoms with Gasteiger partial charge in [0.2, 0.25) is 0 Å². The van der Waals surface area contributed by atoms with Crippen LogP contribution in [0.3, 0.4) is 0 Å². The van der Waals surface area contributed by atoms with Crippen molar-refractivity contribution >= 4 is 5.91 Å². The van der Waals surface area contributed by atoms with Gasteiger partial charge in [0.1, 0.15) is 5.69 Å². The molecule has 0 aliphatic heterocycles. The summed E-state index contributed by atoms with van der Waals surface area (Å²) in [5, 5.41) is 14.2. The molecule has 5 heteroatoms. The minimum absolute atomic E-state index is 0.0923. The fraction of sp³-hybridized carbons (Fsp3) is 0.667. The second-order valence-corrected chi connectivity index (χ2v) is 4.93. The molecule has 1 aromatic rings. The van der Waals surface area contributed by atoms with Crippen LogP contribution in [0.2, 0.25) is 0 Å². The van der Waals surface area contributed by atoms with E-state index in [4.69, 9.17) is 0 Å². The Kier molecular flexibility index (Phi) is 3.19. The summed E-state index contributed by atoms with van der Waals surface area (Å²) in [7, 11) is 3.47. The van der Waals surface area contributed by atoms with E-state index < -0.39 is 5.60 Å². The summed E-state index contributed by atoms with van der Waals surface area (Å²) in [6.45, 7) is 0.400. The predicted molar refractivity (Wildman–Crippen MR) is 63.6 cm³/mol. The number of hydrogen-bond acceptors (Lipinski definition) is 3. The average Bonchev–Trinajstić information content (AvgIpc) is 2.86. The van der Waals surface area contributed by atoms with Crippen LogP contribution in [0, 0.1) is 0 Å². The number of hydrogen-bond donors (Lipinski definition) is 1. The Balaban J connectivity index is 2.03. The van der Waals surface area contributed by atoms with Crippen LogP contribution in [0.5, 0.6) is 0 Å². The van der Waals surface area contributed by atoms with Gasteiger partial charge in [-0.3, -0.25) is 9.48 Å². The molecular formula is C12H19N3O2. The fourth-order valence-corrected chi connectivity index (χ4v) is 2.48. The maximum absolute atomic E-state index is 12.1. The lowest BCUT2D eigenvalue weighted by Crippen LogP contribution is -2.42. The number of aliphatic hydroxyl groups is 1. The van der Waals surface area contributed by atoms with Gasteiger partial charge in [-0.15, -0.1) is 0 Å². The van der Waals surface area contributed by atoms with Crippen LogP contribution < -0.4 is 0 Å². The Labute approximate surface area is 101 Å². The highest BCUT2D eigenvalue weighted by molar-refractivity contribution is 5.92. The quantitative estimate of drug-likeness (QED) is 0.846. The molecule has 1 heterocycles. The molecule has 5 nitrogen and oxygen atoms in total. The molecule has 1 N–H and O–H groups in total. The molecule has 1 aliphatic rings. The van der Waals surface area contributed by atoms with E-state index in [2.05, 4.69) is 5.10 Å². The van der Waals surface area contributed by atoms with Crippen molar-refractivity contribution in [3.05, 3.63) is 18.0 Å². The lowest BCUT2D eigenvalue weighted by molar-refractivity contribution is 0.0153. The van der Waals surface area contributed by atoms with E-state index in [1.165, 1.54) is 0 Å². The second-order valence-electron chi connectivity index (χ2n) is 4.93. The zero-order valence-corrected chi connectivity index (χ0v) is 10.4. The van der Waals surface area contributed by atoms with Crippen LogP contribution in [-0.4, -0.2) is 44.9 Å². The highest BCUT2D eigenvalue weighted by Crippen LogP contribution is 2.30. The molecular weight excluding hydrogens is 218 g/mol. The van der Waals surface area contributed by atoms with Crippen molar-refractivity contribution in [2.75, 3.05) is 13.6 Å². The Morgan fingerprint density at radius 3 is 2.76 bits per heavy atom. The number of aryl methyl sites for hydroxylation is 1. The molecule has 1 aliphatic carbocycles. The number of amides is 1. The molecule has 1 amide bonds. The normalized spacial score (nSPS) is 18.3. The molecule has 94 valence electrons. The molecule has 17 heavy (non-hydrogen) atoms. The molecule has 1 aromatic heterocycles. The lowest BCUT2D eigenvalue weighted by atomic mass is 10.0. The van der Waals surface area contributed by atoms with E-state index in [-0.39, 0.29) is 5.91 Å². The van der Waals surface area contributed by atoms with Crippen molar-refractivity contribution in [3.8, 4) is 0 Å². The summed E-state index contributed by atoms with van der Waals surface area (Å²) < 4.78 is 1.55. The number of aromatic nitrogens is 2.